The Kier molecular flexibility index (Phi) is 4.77. The number of fused-ring (bicyclic) bond motifs is 1. The first kappa shape index (κ1) is 18.2. The summed E-state index contributed by atoms with van der Waals surface area (Å²) < 4.78 is 59.7. The third-order valence-corrected chi connectivity index (χ3v) is 6.51. The van der Waals surface area contributed by atoms with Crippen molar-refractivity contribution in [2.75, 3.05) is 31.1 Å². The first-order valence-electron chi connectivity index (χ1n) is 8.88. The highest BCUT2D eigenvalue weighted by atomic mass is 32.2. The van der Waals surface area contributed by atoms with Gasteiger partial charge in [0.05, 0.1) is 11.5 Å². The Morgan fingerprint density at radius 3 is 2.81 bits per heavy atom. The summed E-state index contributed by atoms with van der Waals surface area (Å²) in [4.78, 5) is 2.18. The molecule has 0 spiro atoms. The fourth-order valence-corrected chi connectivity index (χ4v) is 4.72. The van der Waals surface area contributed by atoms with Crippen molar-refractivity contribution in [3.63, 3.8) is 0 Å². The van der Waals surface area contributed by atoms with E-state index in [1.807, 2.05) is 4.90 Å². The first-order chi connectivity index (χ1) is 12.9. The molecule has 1 saturated heterocycles. The second kappa shape index (κ2) is 7.09. The van der Waals surface area contributed by atoms with Gasteiger partial charge in [0.25, 0.3) is 0 Å². The van der Waals surface area contributed by atoms with Gasteiger partial charge in [-0.2, -0.15) is 0 Å². The molecule has 27 heavy (non-hydrogen) atoms. The second-order valence-electron chi connectivity index (χ2n) is 6.92. The largest absolute Gasteiger partial charge is 0.493 e. The van der Waals surface area contributed by atoms with Crippen molar-refractivity contribution in [1.29, 1.82) is 0 Å². The van der Waals surface area contributed by atoms with Crippen LogP contribution < -0.4 is 14.4 Å². The van der Waals surface area contributed by atoms with Gasteiger partial charge in [-0.25, -0.2) is 21.9 Å². The summed E-state index contributed by atoms with van der Waals surface area (Å²) in [5.41, 5.74) is 1.51. The summed E-state index contributed by atoms with van der Waals surface area (Å²) in [6, 6.07) is 8.73. The average molecular weight is 394 g/mol. The van der Waals surface area contributed by atoms with Gasteiger partial charge in [-0.15, -0.1) is 0 Å². The van der Waals surface area contributed by atoms with Crippen LogP contribution in [-0.2, 0) is 16.4 Å². The lowest BCUT2D eigenvalue weighted by atomic mass is 10.1. The summed E-state index contributed by atoms with van der Waals surface area (Å²) >= 11 is 0. The van der Waals surface area contributed by atoms with Crippen molar-refractivity contribution in [3.8, 4) is 5.75 Å². The van der Waals surface area contributed by atoms with E-state index in [9.17, 15) is 17.2 Å². The normalized spacial score (nSPS) is 19.2. The molecule has 0 aromatic heterocycles. The molecule has 8 heteroatoms. The number of hydrogen-bond acceptors (Lipinski definition) is 4. The van der Waals surface area contributed by atoms with E-state index < -0.39 is 21.7 Å². The molecule has 0 aliphatic carbocycles. The minimum atomic E-state index is -3.60. The minimum Gasteiger partial charge on any atom is -0.493 e. The Labute approximate surface area is 157 Å². The molecule has 2 aromatic rings. The molecular formula is C19H20F2N2O3S. The molecule has 5 nitrogen and oxygen atoms in total. The number of rotatable bonds is 5. The van der Waals surface area contributed by atoms with E-state index in [2.05, 4.69) is 4.72 Å². The minimum absolute atomic E-state index is 0.102. The van der Waals surface area contributed by atoms with Crippen LogP contribution in [0, 0.1) is 17.6 Å². The zero-order valence-corrected chi connectivity index (χ0v) is 15.4. The Morgan fingerprint density at radius 2 is 2.00 bits per heavy atom. The third-order valence-electron chi connectivity index (χ3n) is 5.09. The van der Waals surface area contributed by atoms with Crippen LogP contribution in [0.4, 0.5) is 14.5 Å². The molecule has 144 valence electrons. The van der Waals surface area contributed by atoms with Crippen LogP contribution in [-0.4, -0.2) is 34.7 Å². The van der Waals surface area contributed by atoms with Crippen LogP contribution in [0.2, 0.25) is 0 Å². The molecule has 1 N–H and O–H groups in total. The van der Waals surface area contributed by atoms with Gasteiger partial charge in [-0.1, -0.05) is 0 Å². The van der Waals surface area contributed by atoms with Crippen molar-refractivity contribution in [2.45, 2.75) is 17.7 Å². The standard InChI is InChI=1S/C19H20F2N2O3S/c20-17-3-1-15(10-18(17)21)23-7-5-13(12-23)11-22-27(24,25)16-2-4-19-14(9-16)6-8-26-19/h1-4,9-10,13,22H,5-8,11-12H2. The fourth-order valence-electron chi connectivity index (χ4n) is 3.56. The molecule has 1 fully saturated rings. The van der Waals surface area contributed by atoms with E-state index in [0.29, 0.717) is 38.3 Å². The Morgan fingerprint density at radius 1 is 1.15 bits per heavy atom. The molecule has 2 aliphatic rings. The van der Waals surface area contributed by atoms with Crippen LogP contribution in [0.3, 0.4) is 0 Å². The van der Waals surface area contributed by atoms with E-state index in [0.717, 1.165) is 23.8 Å². The Balaban J connectivity index is 1.38. The Hall–Kier alpha value is -2.19. The second-order valence-corrected chi connectivity index (χ2v) is 8.69. The summed E-state index contributed by atoms with van der Waals surface area (Å²) in [7, 11) is -3.60. The van der Waals surface area contributed by atoms with Crippen molar-refractivity contribution in [3.05, 3.63) is 53.6 Å². The number of benzene rings is 2. The van der Waals surface area contributed by atoms with Gasteiger partial charge in [0.15, 0.2) is 11.6 Å². The highest BCUT2D eigenvalue weighted by Gasteiger charge is 2.26. The average Bonchev–Trinajstić information content (AvgIpc) is 3.31. The molecule has 0 amide bonds. The molecule has 0 bridgehead atoms. The molecule has 1 atom stereocenters. The van der Waals surface area contributed by atoms with E-state index in [4.69, 9.17) is 4.74 Å². The molecule has 2 heterocycles. The number of anilines is 1. The number of ether oxygens (including phenoxy) is 1. The number of nitrogens with one attached hydrogen (secondary N) is 1. The summed E-state index contributed by atoms with van der Waals surface area (Å²) in [5, 5.41) is 0. The zero-order chi connectivity index (χ0) is 19.0. The summed E-state index contributed by atoms with van der Waals surface area (Å²) in [6.07, 6.45) is 1.49. The molecular weight excluding hydrogens is 374 g/mol. The third kappa shape index (κ3) is 3.77. The molecule has 2 aromatic carbocycles. The SMILES string of the molecule is O=S(=O)(NCC1CCN(c2ccc(F)c(F)c2)C1)c1ccc2c(c1)CCO2. The van der Waals surface area contributed by atoms with Crippen LogP contribution in [0.5, 0.6) is 5.75 Å². The molecule has 2 aliphatic heterocycles. The topological polar surface area (TPSA) is 58.6 Å². The Bertz CT molecular complexity index is 965. The van der Waals surface area contributed by atoms with E-state index in [-0.39, 0.29) is 10.8 Å². The summed E-state index contributed by atoms with van der Waals surface area (Å²) in [5.74, 6) is -0.906. The van der Waals surface area contributed by atoms with Gasteiger partial charge in [0, 0.05) is 37.8 Å². The summed E-state index contributed by atoms with van der Waals surface area (Å²) in [6.45, 7) is 2.14. The van der Waals surface area contributed by atoms with Gasteiger partial charge in [0.1, 0.15) is 5.75 Å². The van der Waals surface area contributed by atoms with Gasteiger partial charge in [0.2, 0.25) is 10.0 Å². The number of nitrogens with zero attached hydrogens (tertiary/aromatic N) is 1. The number of hydrogen-bond donors (Lipinski definition) is 1. The van der Waals surface area contributed by atoms with Gasteiger partial charge in [-0.05, 0) is 48.2 Å². The van der Waals surface area contributed by atoms with E-state index in [1.54, 1.807) is 18.2 Å². The van der Waals surface area contributed by atoms with Gasteiger partial charge in [-0.3, -0.25) is 0 Å². The molecule has 1 unspecified atom stereocenters. The highest BCUT2D eigenvalue weighted by Crippen LogP contribution is 2.28. The maximum atomic E-state index is 13.4. The van der Waals surface area contributed by atoms with Crippen molar-refractivity contribution >= 4 is 15.7 Å². The van der Waals surface area contributed by atoms with Crippen molar-refractivity contribution < 1.29 is 21.9 Å². The van der Waals surface area contributed by atoms with Gasteiger partial charge >= 0.3 is 0 Å². The number of sulfonamides is 1. The molecule has 0 saturated carbocycles. The van der Waals surface area contributed by atoms with E-state index >= 15 is 0 Å². The highest BCUT2D eigenvalue weighted by molar-refractivity contribution is 7.89. The first-order valence-corrected chi connectivity index (χ1v) is 10.4. The number of halogens is 2. The maximum Gasteiger partial charge on any atom is 0.240 e. The van der Waals surface area contributed by atoms with Crippen LogP contribution >= 0.6 is 0 Å². The predicted octanol–water partition coefficient (Wildman–Crippen LogP) is 2.70. The van der Waals surface area contributed by atoms with Crippen LogP contribution in [0.25, 0.3) is 0 Å². The lowest BCUT2D eigenvalue weighted by Crippen LogP contribution is -2.31. The van der Waals surface area contributed by atoms with Crippen molar-refractivity contribution in [2.24, 2.45) is 5.92 Å². The monoisotopic (exact) mass is 394 g/mol. The molecule has 0 radical (unpaired) electrons. The smallest absolute Gasteiger partial charge is 0.240 e. The quantitative estimate of drug-likeness (QED) is 0.847. The van der Waals surface area contributed by atoms with E-state index in [1.165, 1.54) is 12.1 Å². The van der Waals surface area contributed by atoms with Crippen LogP contribution in [0.15, 0.2) is 41.3 Å². The van der Waals surface area contributed by atoms with Gasteiger partial charge < -0.3 is 9.64 Å². The fraction of sp³-hybridized carbons (Fsp3) is 0.368. The molecule has 4 rings (SSSR count). The maximum absolute atomic E-state index is 13.4. The lowest BCUT2D eigenvalue weighted by Gasteiger charge is -2.19. The zero-order valence-electron chi connectivity index (χ0n) is 14.6. The lowest BCUT2D eigenvalue weighted by molar-refractivity contribution is 0.356. The van der Waals surface area contributed by atoms with Crippen molar-refractivity contribution in [1.82, 2.24) is 4.72 Å². The predicted molar refractivity (Wildman–Crippen MR) is 97.5 cm³/mol. The van der Waals surface area contributed by atoms with Crippen LogP contribution in [0.1, 0.15) is 12.0 Å².